The third-order valence-corrected chi connectivity index (χ3v) is 12.0. The van der Waals surface area contributed by atoms with Gasteiger partial charge in [0.05, 0.1) is 5.69 Å². The predicted octanol–water partition coefficient (Wildman–Crippen LogP) is 16.2. The molecule has 1 aromatic heterocycles. The number of furan rings is 1. The summed E-state index contributed by atoms with van der Waals surface area (Å²) in [6, 6.07) is 77.1. The maximum Gasteiger partial charge on any atom is 0.143 e. The van der Waals surface area contributed by atoms with Gasteiger partial charge in [-0.3, -0.25) is 0 Å². The van der Waals surface area contributed by atoms with Gasteiger partial charge < -0.3 is 9.32 Å². The van der Waals surface area contributed by atoms with Crippen molar-refractivity contribution in [2.24, 2.45) is 0 Å². The quantitative estimate of drug-likeness (QED) is 0.164. The van der Waals surface area contributed by atoms with Crippen molar-refractivity contribution in [3.8, 4) is 22.3 Å². The maximum absolute atomic E-state index is 6.80. The molecular weight excluding hydrogens is 703 g/mol. The molecule has 270 valence electrons. The molecule has 0 radical (unpaired) electrons. The van der Waals surface area contributed by atoms with Gasteiger partial charge in [-0.05, 0) is 114 Å². The zero-order valence-electron chi connectivity index (χ0n) is 31.6. The molecule has 0 amide bonds. The van der Waals surface area contributed by atoms with Crippen LogP contribution in [0.4, 0.5) is 17.1 Å². The highest BCUT2D eigenvalue weighted by Crippen LogP contribution is 2.46. The summed E-state index contributed by atoms with van der Waals surface area (Å²) < 4.78 is 6.80. The first kappa shape index (κ1) is 32.6. The fourth-order valence-corrected chi connectivity index (χ4v) is 9.24. The number of benzene rings is 11. The molecule has 0 fully saturated rings. The zero-order valence-corrected chi connectivity index (χ0v) is 31.6. The van der Waals surface area contributed by atoms with E-state index >= 15 is 0 Å². The Labute approximate surface area is 335 Å². The first-order valence-electron chi connectivity index (χ1n) is 19.9. The SMILES string of the molecule is c1ccc(N(c2ccc(-c3cc4ccccc4c4ccccc34)cc2)c2ccc3c(ccc4ccccc43)c2)c(-c2cccc3c2oc2cc4ccccc4cc23)c1. The number of fused-ring (bicyclic) bond motifs is 10. The Hall–Kier alpha value is -7.68. The fraction of sp³-hybridized carbons (Fsp3) is 0. The molecule has 0 spiro atoms. The molecule has 0 unspecified atom stereocenters. The van der Waals surface area contributed by atoms with Gasteiger partial charge in [-0.2, -0.15) is 0 Å². The van der Waals surface area contributed by atoms with Crippen LogP contribution in [0.3, 0.4) is 0 Å². The van der Waals surface area contributed by atoms with Crippen LogP contribution in [-0.4, -0.2) is 0 Å². The molecule has 0 saturated heterocycles. The molecule has 2 heteroatoms. The minimum atomic E-state index is 0.892. The van der Waals surface area contributed by atoms with Crippen molar-refractivity contribution < 1.29 is 4.42 Å². The number of para-hydroxylation sites is 2. The normalized spacial score (nSPS) is 11.8. The topological polar surface area (TPSA) is 16.4 Å². The molecule has 11 aromatic carbocycles. The minimum absolute atomic E-state index is 0.892. The smallest absolute Gasteiger partial charge is 0.143 e. The van der Waals surface area contributed by atoms with E-state index in [4.69, 9.17) is 4.42 Å². The summed E-state index contributed by atoms with van der Waals surface area (Å²) in [5.74, 6) is 0. The molecule has 12 rings (SSSR count). The largest absolute Gasteiger partial charge is 0.455 e. The van der Waals surface area contributed by atoms with E-state index in [1.165, 1.54) is 65.0 Å². The lowest BCUT2D eigenvalue weighted by atomic mass is 9.93. The van der Waals surface area contributed by atoms with Crippen molar-refractivity contribution in [1.29, 1.82) is 0 Å². The summed E-state index contributed by atoms with van der Waals surface area (Å²) in [6.45, 7) is 0. The van der Waals surface area contributed by atoms with E-state index in [1.54, 1.807) is 0 Å². The van der Waals surface area contributed by atoms with E-state index in [-0.39, 0.29) is 0 Å². The lowest BCUT2D eigenvalue weighted by Crippen LogP contribution is -2.11. The monoisotopic (exact) mass is 737 g/mol. The highest BCUT2D eigenvalue weighted by atomic mass is 16.3. The molecule has 0 atom stereocenters. The van der Waals surface area contributed by atoms with Gasteiger partial charge in [-0.1, -0.05) is 164 Å². The minimum Gasteiger partial charge on any atom is -0.455 e. The third-order valence-electron chi connectivity index (χ3n) is 12.0. The van der Waals surface area contributed by atoms with Crippen LogP contribution in [0.15, 0.2) is 217 Å². The van der Waals surface area contributed by atoms with E-state index in [2.05, 4.69) is 217 Å². The maximum atomic E-state index is 6.80. The number of anilines is 3. The fourth-order valence-electron chi connectivity index (χ4n) is 9.24. The van der Waals surface area contributed by atoms with Crippen LogP contribution in [0.1, 0.15) is 0 Å². The standard InChI is InChI=1S/C56H35NO/c1-2-14-39-35-55-53(33-38(39)13-1)51-22-11-21-50(56(51)58-55)49-20-9-10-23-54(49)57(43-30-31-46-41(32-43)25-24-36-12-3-5-16-44(36)46)42-28-26-37(27-29-42)52-34-40-15-4-6-17-45(40)47-18-7-8-19-48(47)52/h1-35H. The number of hydrogen-bond acceptors (Lipinski definition) is 2. The van der Waals surface area contributed by atoms with Crippen molar-refractivity contribution in [3.05, 3.63) is 212 Å². The molecule has 0 aliphatic heterocycles. The second kappa shape index (κ2) is 12.9. The van der Waals surface area contributed by atoms with Crippen LogP contribution >= 0.6 is 0 Å². The first-order chi connectivity index (χ1) is 28.7. The van der Waals surface area contributed by atoms with Gasteiger partial charge in [-0.25, -0.2) is 0 Å². The number of nitrogens with zero attached hydrogens (tertiary/aromatic N) is 1. The van der Waals surface area contributed by atoms with Gasteiger partial charge in [-0.15, -0.1) is 0 Å². The van der Waals surface area contributed by atoms with Gasteiger partial charge in [0, 0.05) is 33.3 Å². The van der Waals surface area contributed by atoms with Crippen LogP contribution in [0, 0.1) is 0 Å². The summed E-state index contributed by atoms with van der Waals surface area (Å²) in [7, 11) is 0. The molecule has 2 nitrogen and oxygen atoms in total. The Bertz CT molecular complexity index is 3580. The molecule has 0 N–H and O–H groups in total. The lowest BCUT2D eigenvalue weighted by molar-refractivity contribution is 0.670. The molecular formula is C56H35NO. The highest BCUT2D eigenvalue weighted by molar-refractivity contribution is 6.16. The van der Waals surface area contributed by atoms with E-state index in [0.717, 1.165) is 50.1 Å². The Morgan fingerprint density at radius 3 is 1.69 bits per heavy atom. The molecule has 0 aliphatic rings. The average molecular weight is 738 g/mol. The van der Waals surface area contributed by atoms with E-state index in [0.29, 0.717) is 0 Å². The van der Waals surface area contributed by atoms with Gasteiger partial charge in [0.25, 0.3) is 0 Å². The summed E-state index contributed by atoms with van der Waals surface area (Å²) in [4.78, 5) is 2.40. The Morgan fingerprint density at radius 1 is 0.293 bits per heavy atom. The van der Waals surface area contributed by atoms with Crippen molar-refractivity contribution in [2.45, 2.75) is 0 Å². The lowest BCUT2D eigenvalue weighted by Gasteiger charge is -2.28. The third kappa shape index (κ3) is 5.12. The van der Waals surface area contributed by atoms with Crippen molar-refractivity contribution >= 4 is 92.9 Å². The molecule has 1 heterocycles. The number of rotatable bonds is 5. The molecule has 0 bridgehead atoms. The molecule has 0 aliphatic carbocycles. The summed E-state index contributed by atoms with van der Waals surface area (Å²) in [5, 5.41) is 14.6. The second-order valence-electron chi connectivity index (χ2n) is 15.3. The molecule has 12 aromatic rings. The van der Waals surface area contributed by atoms with Gasteiger partial charge >= 0.3 is 0 Å². The van der Waals surface area contributed by atoms with E-state index < -0.39 is 0 Å². The Kier molecular flexibility index (Phi) is 7.26. The average Bonchev–Trinajstić information content (AvgIpc) is 3.66. The van der Waals surface area contributed by atoms with Crippen LogP contribution in [0.25, 0.3) is 98.1 Å². The summed E-state index contributed by atoms with van der Waals surface area (Å²) in [5.41, 5.74) is 9.59. The van der Waals surface area contributed by atoms with Gasteiger partial charge in [0.15, 0.2) is 0 Å². The van der Waals surface area contributed by atoms with E-state index in [9.17, 15) is 0 Å². The zero-order chi connectivity index (χ0) is 38.2. The number of hydrogen-bond donors (Lipinski definition) is 0. The van der Waals surface area contributed by atoms with Gasteiger partial charge in [0.2, 0.25) is 0 Å². The first-order valence-corrected chi connectivity index (χ1v) is 19.9. The van der Waals surface area contributed by atoms with Crippen LogP contribution in [0.2, 0.25) is 0 Å². The molecule has 0 saturated carbocycles. The van der Waals surface area contributed by atoms with Crippen molar-refractivity contribution in [2.75, 3.05) is 4.90 Å². The molecule has 58 heavy (non-hydrogen) atoms. The van der Waals surface area contributed by atoms with Gasteiger partial charge in [0.1, 0.15) is 11.2 Å². The summed E-state index contributed by atoms with van der Waals surface area (Å²) >= 11 is 0. The Balaban J connectivity index is 1.06. The highest BCUT2D eigenvalue weighted by Gasteiger charge is 2.21. The van der Waals surface area contributed by atoms with Crippen LogP contribution in [-0.2, 0) is 0 Å². The van der Waals surface area contributed by atoms with Crippen LogP contribution < -0.4 is 4.90 Å². The second-order valence-corrected chi connectivity index (χ2v) is 15.3. The Morgan fingerprint density at radius 2 is 0.862 bits per heavy atom. The van der Waals surface area contributed by atoms with E-state index in [1.807, 2.05) is 0 Å². The van der Waals surface area contributed by atoms with Crippen molar-refractivity contribution in [3.63, 3.8) is 0 Å². The predicted molar refractivity (Wildman–Crippen MR) is 247 cm³/mol. The van der Waals surface area contributed by atoms with Crippen LogP contribution in [0.5, 0.6) is 0 Å². The summed E-state index contributed by atoms with van der Waals surface area (Å²) in [6.07, 6.45) is 0. The van der Waals surface area contributed by atoms with Crippen molar-refractivity contribution in [1.82, 2.24) is 0 Å².